The van der Waals surface area contributed by atoms with Gasteiger partial charge < -0.3 is 9.47 Å². The molecule has 20 heteroatoms. The molecule has 3 aromatic rings. The van der Waals surface area contributed by atoms with Crippen LogP contribution in [0.25, 0.3) is 0 Å². The maximum absolute atomic E-state index is 13.8. The fourth-order valence-corrected chi connectivity index (χ4v) is 6.80. The largest absolute Gasteiger partial charge is 0.486 e. The lowest BCUT2D eigenvalue weighted by atomic mass is 10.1. The number of alkyl halides is 6. The highest BCUT2D eigenvalue weighted by atomic mass is 32.2. The lowest BCUT2D eigenvalue weighted by Crippen LogP contribution is -2.46. The van der Waals surface area contributed by atoms with Crippen LogP contribution in [0, 0.1) is 0 Å². The van der Waals surface area contributed by atoms with Gasteiger partial charge in [-0.15, -0.1) is 0 Å². The summed E-state index contributed by atoms with van der Waals surface area (Å²) in [6.07, 6.45) is -12.5. The number of hydrogen-bond donors (Lipinski definition) is 2. The predicted octanol–water partition coefficient (Wildman–Crippen LogP) is 5.32. The molecular weight excluding hydrogens is 698 g/mol. The van der Waals surface area contributed by atoms with E-state index < -0.39 is 90.1 Å². The summed E-state index contributed by atoms with van der Waals surface area (Å²) in [4.78, 5) is 27.7. The Kier molecular flexibility index (Phi) is 9.66. The van der Waals surface area contributed by atoms with Gasteiger partial charge in [-0.1, -0.05) is 6.07 Å². The number of fused-ring (bicyclic) bond motifs is 1. The van der Waals surface area contributed by atoms with Crippen LogP contribution in [0.1, 0.15) is 38.3 Å². The summed E-state index contributed by atoms with van der Waals surface area (Å²) in [5.74, 6) is -1.56. The van der Waals surface area contributed by atoms with E-state index in [0.29, 0.717) is 28.7 Å². The van der Waals surface area contributed by atoms with Gasteiger partial charge >= 0.3 is 18.4 Å². The molecule has 48 heavy (non-hydrogen) atoms. The van der Waals surface area contributed by atoms with E-state index in [1.54, 1.807) is 25.5 Å². The summed E-state index contributed by atoms with van der Waals surface area (Å²) < 4.78 is 146. The number of nitrogens with zero attached hydrogens (tertiary/aromatic N) is 2. The van der Waals surface area contributed by atoms with Gasteiger partial charge in [-0.2, -0.15) is 34.8 Å². The second kappa shape index (κ2) is 12.8. The highest BCUT2D eigenvalue weighted by molar-refractivity contribution is 7.92. The lowest BCUT2D eigenvalue weighted by molar-refractivity contribution is -0.138. The maximum atomic E-state index is 13.8. The average Bonchev–Trinajstić information content (AvgIpc) is 2.95. The summed E-state index contributed by atoms with van der Waals surface area (Å²) in [5.41, 5.74) is -3.81. The fraction of sp³-hybridized carbons (Fsp3) is 0.321. The van der Waals surface area contributed by atoms with Crippen molar-refractivity contribution in [2.45, 2.75) is 61.2 Å². The Morgan fingerprint density at radius 1 is 0.938 bits per heavy atom. The van der Waals surface area contributed by atoms with E-state index in [2.05, 4.69) is 10.3 Å². The Morgan fingerprint density at radius 2 is 1.58 bits per heavy atom. The molecule has 2 N–H and O–H groups in total. The summed E-state index contributed by atoms with van der Waals surface area (Å²) in [5, 5.41) is 1.27. The standard InChI is InChI=1S/C28H26F6N4O8S2/c1-26(2,3)46-25(40)36-18-7-8-22-21(13-18)38(48(43,44)20-6-4-5-16(11-20)27(29,30)31)15-19(45-22)14-23(39)37-47(41,42)24-12-17(9-10-35-24)28(32,33)34/h4-13,19H,14-15H2,1-3H3,(H,36,40)(H,37,39)/t19-/m0/s1. The Balaban J connectivity index is 1.66. The minimum absolute atomic E-state index is 0.00767. The number of anilines is 2. The SMILES string of the molecule is CC(C)(C)OC(=O)Nc1ccc2c(c1)N(S(=O)(=O)c1cccc(C(F)(F)F)c1)C[C@H](CC(=O)NS(=O)(=O)c1cc(C(F)(F)F)ccn1)O2. The number of pyridine rings is 1. The van der Waals surface area contributed by atoms with Gasteiger partial charge in [0, 0.05) is 11.9 Å². The van der Waals surface area contributed by atoms with Crippen LogP contribution < -0.4 is 19.1 Å². The van der Waals surface area contributed by atoms with Crippen molar-refractivity contribution in [3.63, 3.8) is 0 Å². The normalized spacial score (nSPS) is 15.6. The van der Waals surface area contributed by atoms with E-state index in [9.17, 15) is 52.8 Å². The molecule has 1 atom stereocenters. The molecule has 2 aromatic carbocycles. The monoisotopic (exact) mass is 724 g/mol. The third-order valence-corrected chi connectivity index (χ3v) is 9.33. The first-order chi connectivity index (χ1) is 22.0. The van der Waals surface area contributed by atoms with Crippen molar-refractivity contribution in [3.05, 3.63) is 71.9 Å². The van der Waals surface area contributed by atoms with Crippen LogP contribution in [0.3, 0.4) is 0 Å². The molecule has 1 aliphatic rings. The molecule has 0 saturated carbocycles. The number of carbonyl (C=O) groups excluding carboxylic acids is 2. The van der Waals surface area contributed by atoms with E-state index in [0.717, 1.165) is 18.2 Å². The van der Waals surface area contributed by atoms with E-state index >= 15 is 0 Å². The lowest BCUT2D eigenvalue weighted by Gasteiger charge is -2.35. The number of aromatic nitrogens is 1. The van der Waals surface area contributed by atoms with Crippen LogP contribution >= 0.6 is 0 Å². The zero-order valence-electron chi connectivity index (χ0n) is 25.0. The van der Waals surface area contributed by atoms with E-state index in [1.165, 1.54) is 12.1 Å². The van der Waals surface area contributed by atoms with Crippen molar-refractivity contribution in [2.75, 3.05) is 16.2 Å². The number of rotatable bonds is 7. The second-order valence-electron chi connectivity index (χ2n) is 11.2. The Labute approximate surface area is 270 Å². The summed E-state index contributed by atoms with van der Waals surface area (Å²) in [6, 6.07) is 7.12. The molecule has 260 valence electrons. The molecule has 0 saturated heterocycles. The van der Waals surface area contributed by atoms with Crippen LogP contribution in [0.4, 0.5) is 42.5 Å². The molecule has 0 spiro atoms. The van der Waals surface area contributed by atoms with Crippen LogP contribution in [0.2, 0.25) is 0 Å². The highest BCUT2D eigenvalue weighted by Crippen LogP contribution is 2.40. The predicted molar refractivity (Wildman–Crippen MR) is 156 cm³/mol. The minimum atomic E-state index is -4.94. The van der Waals surface area contributed by atoms with E-state index in [4.69, 9.17) is 9.47 Å². The van der Waals surface area contributed by atoms with Gasteiger partial charge in [0.25, 0.3) is 20.0 Å². The van der Waals surface area contributed by atoms with Gasteiger partial charge in [-0.05, 0) is 69.3 Å². The van der Waals surface area contributed by atoms with E-state index in [-0.39, 0.29) is 23.2 Å². The number of benzene rings is 2. The van der Waals surface area contributed by atoms with Crippen molar-refractivity contribution < 1.29 is 62.2 Å². The number of amides is 2. The molecule has 4 rings (SSSR count). The third-order valence-electron chi connectivity index (χ3n) is 6.28. The first kappa shape index (κ1) is 36.2. The van der Waals surface area contributed by atoms with Crippen molar-refractivity contribution in [2.24, 2.45) is 0 Å². The van der Waals surface area contributed by atoms with Crippen molar-refractivity contribution in [1.29, 1.82) is 0 Å². The number of hydrogen-bond acceptors (Lipinski definition) is 9. The first-order valence-electron chi connectivity index (χ1n) is 13.6. The fourth-order valence-electron chi connectivity index (χ4n) is 4.29. The summed E-state index contributed by atoms with van der Waals surface area (Å²) in [6.45, 7) is 4.02. The van der Waals surface area contributed by atoms with Gasteiger partial charge in [0.1, 0.15) is 17.5 Å². The van der Waals surface area contributed by atoms with Crippen LogP contribution in [0.15, 0.2) is 70.7 Å². The van der Waals surface area contributed by atoms with E-state index in [1.807, 2.05) is 0 Å². The zero-order valence-corrected chi connectivity index (χ0v) is 26.6. The van der Waals surface area contributed by atoms with Crippen molar-refractivity contribution >= 4 is 43.4 Å². The number of ether oxygens (including phenoxy) is 2. The highest BCUT2D eigenvalue weighted by Gasteiger charge is 2.39. The van der Waals surface area contributed by atoms with Crippen LogP contribution in [0.5, 0.6) is 5.75 Å². The van der Waals surface area contributed by atoms with Gasteiger partial charge in [0.15, 0.2) is 5.03 Å². The molecule has 0 fully saturated rings. The zero-order chi connectivity index (χ0) is 35.9. The summed E-state index contributed by atoms with van der Waals surface area (Å²) in [7, 11) is -9.80. The first-order valence-corrected chi connectivity index (χ1v) is 16.5. The quantitative estimate of drug-likeness (QED) is 0.308. The maximum Gasteiger partial charge on any atom is 0.416 e. The van der Waals surface area contributed by atoms with Crippen molar-refractivity contribution in [3.8, 4) is 5.75 Å². The molecule has 0 unspecified atom stereocenters. The molecule has 1 aliphatic heterocycles. The molecule has 0 bridgehead atoms. The van der Waals surface area contributed by atoms with Gasteiger partial charge in [-0.3, -0.25) is 14.4 Å². The number of carbonyl (C=O) groups is 2. The molecule has 2 heterocycles. The van der Waals surface area contributed by atoms with Gasteiger partial charge in [-0.25, -0.2) is 22.9 Å². The minimum Gasteiger partial charge on any atom is -0.486 e. The molecule has 0 aliphatic carbocycles. The topological polar surface area (TPSA) is 161 Å². The Bertz CT molecular complexity index is 1950. The van der Waals surface area contributed by atoms with Gasteiger partial charge in [0.2, 0.25) is 5.91 Å². The Morgan fingerprint density at radius 3 is 2.21 bits per heavy atom. The Hall–Kier alpha value is -4.59. The molecule has 1 aromatic heterocycles. The van der Waals surface area contributed by atoms with Gasteiger partial charge in [0.05, 0.1) is 34.7 Å². The second-order valence-corrected chi connectivity index (χ2v) is 14.7. The van der Waals surface area contributed by atoms with Crippen LogP contribution in [-0.4, -0.2) is 52.1 Å². The number of sulfonamides is 2. The summed E-state index contributed by atoms with van der Waals surface area (Å²) >= 11 is 0. The average molecular weight is 725 g/mol. The smallest absolute Gasteiger partial charge is 0.416 e. The third kappa shape index (κ3) is 8.65. The number of nitrogens with one attached hydrogen (secondary N) is 2. The van der Waals surface area contributed by atoms with Crippen molar-refractivity contribution in [1.82, 2.24) is 9.71 Å². The molecule has 2 amide bonds. The number of halogens is 6. The molecule has 12 nitrogen and oxygen atoms in total. The molecular formula is C28H26F6N4O8S2. The van der Waals surface area contributed by atoms with Crippen LogP contribution in [-0.2, 0) is 41.9 Å². The molecule has 0 radical (unpaired) electrons.